The van der Waals surface area contributed by atoms with Gasteiger partial charge in [-0.1, -0.05) is 0 Å². The van der Waals surface area contributed by atoms with Crippen molar-refractivity contribution in [1.29, 1.82) is 0 Å². The standard InChI is InChI=1S/C13H9O4/c14-10-3-7-12(8-4-10)17-11-5-1-9(2-6-11)13(15)16/h1-8H,(H,15,16). The first kappa shape index (κ1) is 11.0. The van der Waals surface area contributed by atoms with Crippen LogP contribution in [0, 0.1) is 0 Å². The highest BCUT2D eigenvalue weighted by Crippen LogP contribution is 2.23. The predicted molar refractivity (Wildman–Crippen MR) is 60.0 cm³/mol. The third-order valence-electron chi connectivity index (χ3n) is 2.16. The Morgan fingerprint density at radius 3 is 1.82 bits per heavy atom. The molecule has 0 amide bonds. The second-order valence-electron chi connectivity index (χ2n) is 3.40. The molecular formula is C13H9O4. The minimum atomic E-state index is -0.979. The van der Waals surface area contributed by atoms with Gasteiger partial charge < -0.3 is 9.84 Å². The van der Waals surface area contributed by atoms with Gasteiger partial charge in [0.05, 0.1) is 5.56 Å². The van der Waals surface area contributed by atoms with Crippen molar-refractivity contribution in [2.75, 3.05) is 0 Å². The molecule has 0 saturated heterocycles. The van der Waals surface area contributed by atoms with Gasteiger partial charge >= 0.3 is 5.97 Å². The van der Waals surface area contributed by atoms with Crippen LogP contribution < -0.4 is 4.74 Å². The Kier molecular flexibility index (Phi) is 2.96. The third-order valence-corrected chi connectivity index (χ3v) is 2.16. The van der Waals surface area contributed by atoms with Gasteiger partial charge in [0, 0.05) is 0 Å². The molecule has 4 nitrogen and oxygen atoms in total. The zero-order chi connectivity index (χ0) is 12.3. The normalized spacial score (nSPS) is 9.88. The van der Waals surface area contributed by atoms with Crippen molar-refractivity contribution in [3.8, 4) is 17.2 Å². The van der Waals surface area contributed by atoms with E-state index in [1.165, 1.54) is 24.3 Å². The smallest absolute Gasteiger partial charge is 0.335 e. The highest BCUT2D eigenvalue weighted by atomic mass is 16.5. The van der Waals surface area contributed by atoms with E-state index in [2.05, 4.69) is 0 Å². The minimum absolute atomic E-state index is 0.0847. The third kappa shape index (κ3) is 2.75. The highest BCUT2D eigenvalue weighted by Gasteiger charge is 2.03. The number of hydrogen-bond acceptors (Lipinski definition) is 2. The van der Waals surface area contributed by atoms with Gasteiger partial charge in [0.2, 0.25) is 0 Å². The van der Waals surface area contributed by atoms with Gasteiger partial charge in [-0.05, 0) is 48.5 Å². The summed E-state index contributed by atoms with van der Waals surface area (Å²) in [6.45, 7) is 0. The molecule has 1 N–H and O–H groups in total. The first-order chi connectivity index (χ1) is 8.15. The van der Waals surface area contributed by atoms with Crippen LogP contribution in [0.15, 0.2) is 48.5 Å². The number of ether oxygens (including phenoxy) is 1. The number of benzene rings is 2. The zero-order valence-electron chi connectivity index (χ0n) is 8.79. The van der Waals surface area contributed by atoms with E-state index in [9.17, 15) is 9.90 Å². The van der Waals surface area contributed by atoms with Crippen LogP contribution in [-0.2, 0) is 5.11 Å². The summed E-state index contributed by atoms with van der Waals surface area (Å²) in [5.41, 5.74) is 0.201. The maximum atomic E-state index is 10.9. The molecule has 0 bridgehead atoms. The van der Waals surface area contributed by atoms with Crippen molar-refractivity contribution in [3.05, 3.63) is 54.1 Å². The van der Waals surface area contributed by atoms with Crippen LogP contribution in [0.4, 0.5) is 0 Å². The van der Waals surface area contributed by atoms with Crippen LogP contribution in [0.5, 0.6) is 17.2 Å². The lowest BCUT2D eigenvalue weighted by Crippen LogP contribution is -1.95. The molecule has 85 valence electrons. The molecule has 4 heteroatoms. The number of carboxylic acids is 1. The van der Waals surface area contributed by atoms with E-state index in [1.54, 1.807) is 24.3 Å². The molecule has 2 aromatic carbocycles. The van der Waals surface area contributed by atoms with Crippen molar-refractivity contribution in [2.24, 2.45) is 0 Å². The Hall–Kier alpha value is -2.49. The van der Waals surface area contributed by atoms with Crippen LogP contribution in [0.3, 0.4) is 0 Å². The molecule has 2 aromatic rings. The van der Waals surface area contributed by atoms with E-state index in [0.29, 0.717) is 11.5 Å². The van der Waals surface area contributed by atoms with Gasteiger partial charge in [-0.3, -0.25) is 5.11 Å². The lowest BCUT2D eigenvalue weighted by molar-refractivity contribution is 0.0697. The van der Waals surface area contributed by atoms with E-state index in [1.807, 2.05) is 0 Å². The molecule has 2 rings (SSSR count). The van der Waals surface area contributed by atoms with Crippen molar-refractivity contribution in [2.45, 2.75) is 0 Å². The monoisotopic (exact) mass is 229 g/mol. The van der Waals surface area contributed by atoms with Gasteiger partial charge in [0.25, 0.3) is 0 Å². The van der Waals surface area contributed by atoms with Crippen LogP contribution in [0.25, 0.3) is 0 Å². The molecule has 0 fully saturated rings. The van der Waals surface area contributed by atoms with E-state index in [-0.39, 0.29) is 11.3 Å². The molecule has 17 heavy (non-hydrogen) atoms. The summed E-state index contributed by atoms with van der Waals surface area (Å²) in [6.07, 6.45) is 0. The van der Waals surface area contributed by atoms with Crippen molar-refractivity contribution in [3.63, 3.8) is 0 Å². The first-order valence-electron chi connectivity index (χ1n) is 4.93. The molecule has 0 unspecified atom stereocenters. The van der Waals surface area contributed by atoms with Crippen LogP contribution in [0.2, 0.25) is 0 Å². The van der Waals surface area contributed by atoms with Gasteiger partial charge in [-0.25, -0.2) is 4.79 Å². The summed E-state index contributed by atoms with van der Waals surface area (Å²) in [4.78, 5) is 10.6. The second kappa shape index (κ2) is 4.57. The Labute approximate surface area is 97.7 Å². The SMILES string of the molecule is [O]c1ccc(Oc2ccc(C(=O)O)cc2)cc1. The molecule has 1 radical (unpaired) electrons. The molecule has 0 aromatic heterocycles. The zero-order valence-corrected chi connectivity index (χ0v) is 8.79. The maximum absolute atomic E-state index is 10.9. The maximum Gasteiger partial charge on any atom is 0.335 e. The molecule has 0 heterocycles. The fourth-order valence-electron chi connectivity index (χ4n) is 1.31. The summed E-state index contributed by atoms with van der Waals surface area (Å²) < 4.78 is 5.44. The quantitative estimate of drug-likeness (QED) is 0.877. The lowest BCUT2D eigenvalue weighted by Gasteiger charge is -2.05. The van der Waals surface area contributed by atoms with E-state index < -0.39 is 5.97 Å². The largest absolute Gasteiger partial charge is 0.478 e. The van der Waals surface area contributed by atoms with Gasteiger partial charge in [-0.2, -0.15) is 0 Å². The number of rotatable bonds is 3. The summed E-state index contributed by atoms with van der Waals surface area (Å²) >= 11 is 0. The molecular weight excluding hydrogens is 220 g/mol. The van der Waals surface area contributed by atoms with E-state index in [0.717, 1.165) is 0 Å². The van der Waals surface area contributed by atoms with Gasteiger partial charge in [0.1, 0.15) is 11.5 Å². The summed E-state index contributed by atoms with van der Waals surface area (Å²) in [5.74, 6) is -0.00726. The number of carboxylic acid groups (broad SMARTS) is 1. The van der Waals surface area contributed by atoms with Crippen LogP contribution in [-0.4, -0.2) is 11.1 Å². The molecule has 0 aliphatic carbocycles. The lowest BCUT2D eigenvalue weighted by atomic mass is 10.2. The molecule has 0 aliphatic rings. The molecule has 0 spiro atoms. The molecule has 0 aliphatic heterocycles. The Morgan fingerprint density at radius 2 is 1.35 bits per heavy atom. The minimum Gasteiger partial charge on any atom is -0.478 e. The Balaban J connectivity index is 2.13. The van der Waals surface area contributed by atoms with Crippen LogP contribution >= 0.6 is 0 Å². The van der Waals surface area contributed by atoms with Crippen molar-refractivity contribution < 1.29 is 19.7 Å². The number of carbonyl (C=O) groups is 1. The van der Waals surface area contributed by atoms with Crippen molar-refractivity contribution >= 4 is 5.97 Å². The van der Waals surface area contributed by atoms with Crippen LogP contribution in [0.1, 0.15) is 10.4 Å². The predicted octanol–water partition coefficient (Wildman–Crippen LogP) is 3.32. The fourth-order valence-corrected chi connectivity index (χ4v) is 1.31. The van der Waals surface area contributed by atoms with Gasteiger partial charge in [-0.15, -0.1) is 0 Å². The summed E-state index contributed by atoms with van der Waals surface area (Å²) in [7, 11) is 0. The average molecular weight is 229 g/mol. The second-order valence-corrected chi connectivity index (χ2v) is 3.40. The first-order valence-corrected chi connectivity index (χ1v) is 4.93. The Bertz CT molecular complexity index is 514. The van der Waals surface area contributed by atoms with E-state index in [4.69, 9.17) is 9.84 Å². The summed E-state index contributed by atoms with van der Waals surface area (Å²) in [6, 6.07) is 12.0. The molecule has 0 atom stereocenters. The van der Waals surface area contributed by atoms with Gasteiger partial charge in [0.15, 0.2) is 5.75 Å². The fraction of sp³-hybridized carbons (Fsp3) is 0. The highest BCUT2D eigenvalue weighted by molar-refractivity contribution is 5.87. The number of aromatic carboxylic acids is 1. The van der Waals surface area contributed by atoms with E-state index >= 15 is 0 Å². The summed E-state index contributed by atoms with van der Waals surface area (Å²) in [5, 5.41) is 19.6. The van der Waals surface area contributed by atoms with Crippen molar-refractivity contribution in [1.82, 2.24) is 0 Å². The molecule has 0 saturated carbocycles. The number of hydrogen-bond donors (Lipinski definition) is 1. The average Bonchev–Trinajstić information content (AvgIpc) is 2.33. The Morgan fingerprint density at radius 1 is 0.882 bits per heavy atom. The topological polar surface area (TPSA) is 66.4 Å².